The average molecular weight is 289 g/mol. The van der Waals surface area contributed by atoms with Crippen LogP contribution in [0.4, 0.5) is 4.39 Å². The lowest BCUT2D eigenvalue weighted by Gasteiger charge is -2.16. The maximum Gasteiger partial charge on any atom is 0.124 e. The Kier molecular flexibility index (Phi) is 3.54. The van der Waals surface area contributed by atoms with E-state index in [1.165, 1.54) is 10.9 Å². The van der Waals surface area contributed by atoms with Gasteiger partial charge in [0.1, 0.15) is 5.82 Å². The van der Waals surface area contributed by atoms with Gasteiger partial charge in [-0.25, -0.2) is 4.39 Å². The first-order valence-electron chi connectivity index (χ1n) is 6.59. The van der Waals surface area contributed by atoms with Crippen molar-refractivity contribution in [3.63, 3.8) is 0 Å². The molecule has 104 valence electrons. The number of thiophene rings is 1. The van der Waals surface area contributed by atoms with E-state index in [1.807, 2.05) is 23.9 Å². The summed E-state index contributed by atoms with van der Waals surface area (Å²) in [6, 6.07) is 9.16. The summed E-state index contributed by atoms with van der Waals surface area (Å²) in [4.78, 5) is 1.18. The standard InChI is InChI=1S/C15H16FN3S/c1-3-17-15(12-6-7-18-19(12)2)14-8-10-4-5-11(16)9-13(10)20-14/h4-9,15,17H,3H2,1-2H3. The van der Waals surface area contributed by atoms with Crippen LogP contribution in [0.15, 0.2) is 36.5 Å². The van der Waals surface area contributed by atoms with E-state index in [9.17, 15) is 4.39 Å². The van der Waals surface area contributed by atoms with Crippen molar-refractivity contribution in [3.05, 3.63) is 52.9 Å². The SMILES string of the molecule is CCNC(c1cc2ccc(F)cc2s1)c1ccnn1C. The fourth-order valence-corrected chi connectivity index (χ4v) is 3.57. The second-order valence-corrected chi connectivity index (χ2v) is 5.82. The van der Waals surface area contributed by atoms with Crippen LogP contribution in [0, 0.1) is 5.82 Å². The molecule has 0 saturated carbocycles. The second-order valence-electron chi connectivity index (χ2n) is 4.70. The summed E-state index contributed by atoms with van der Waals surface area (Å²) >= 11 is 1.62. The van der Waals surface area contributed by atoms with E-state index in [-0.39, 0.29) is 11.9 Å². The molecule has 0 saturated heterocycles. The van der Waals surface area contributed by atoms with E-state index in [0.717, 1.165) is 22.3 Å². The van der Waals surface area contributed by atoms with Gasteiger partial charge in [0.2, 0.25) is 0 Å². The fourth-order valence-electron chi connectivity index (χ4n) is 2.39. The maximum atomic E-state index is 13.3. The maximum absolute atomic E-state index is 13.3. The van der Waals surface area contributed by atoms with Crippen LogP contribution < -0.4 is 5.32 Å². The van der Waals surface area contributed by atoms with Gasteiger partial charge in [-0.15, -0.1) is 11.3 Å². The predicted octanol–water partition coefficient (Wildman–Crippen LogP) is 3.47. The van der Waals surface area contributed by atoms with Gasteiger partial charge in [-0.2, -0.15) is 5.10 Å². The molecule has 3 nitrogen and oxygen atoms in total. The van der Waals surface area contributed by atoms with Gasteiger partial charge in [0.15, 0.2) is 0 Å². The number of hydrogen-bond donors (Lipinski definition) is 1. The van der Waals surface area contributed by atoms with E-state index in [0.29, 0.717) is 0 Å². The van der Waals surface area contributed by atoms with Crippen molar-refractivity contribution in [1.29, 1.82) is 0 Å². The molecule has 0 spiro atoms. The number of rotatable bonds is 4. The van der Waals surface area contributed by atoms with Gasteiger partial charge in [-0.05, 0) is 36.2 Å². The van der Waals surface area contributed by atoms with Crippen molar-refractivity contribution in [1.82, 2.24) is 15.1 Å². The van der Waals surface area contributed by atoms with Crippen LogP contribution in [0.2, 0.25) is 0 Å². The van der Waals surface area contributed by atoms with Gasteiger partial charge in [-0.1, -0.05) is 13.0 Å². The molecule has 0 aliphatic carbocycles. The van der Waals surface area contributed by atoms with Crippen LogP contribution in [0.3, 0.4) is 0 Å². The van der Waals surface area contributed by atoms with Gasteiger partial charge < -0.3 is 5.32 Å². The minimum atomic E-state index is -0.188. The average Bonchev–Trinajstić information content (AvgIpc) is 3.01. The quantitative estimate of drug-likeness (QED) is 0.797. The summed E-state index contributed by atoms with van der Waals surface area (Å²) in [6.07, 6.45) is 1.80. The Balaban J connectivity index is 2.07. The lowest BCUT2D eigenvalue weighted by molar-refractivity contribution is 0.579. The highest BCUT2D eigenvalue weighted by molar-refractivity contribution is 7.19. The number of aryl methyl sites for hydroxylation is 1. The summed E-state index contributed by atoms with van der Waals surface area (Å²) in [5, 5.41) is 8.79. The van der Waals surface area contributed by atoms with Crippen LogP contribution in [0.25, 0.3) is 10.1 Å². The monoisotopic (exact) mass is 289 g/mol. The summed E-state index contributed by atoms with van der Waals surface area (Å²) in [7, 11) is 1.94. The molecule has 0 aliphatic heterocycles. The van der Waals surface area contributed by atoms with E-state index >= 15 is 0 Å². The molecule has 1 N–H and O–H groups in total. The molecule has 2 aromatic heterocycles. The number of benzene rings is 1. The number of hydrogen-bond acceptors (Lipinski definition) is 3. The molecule has 3 aromatic rings. The highest BCUT2D eigenvalue weighted by atomic mass is 32.1. The molecule has 0 aliphatic rings. The van der Waals surface area contributed by atoms with E-state index in [4.69, 9.17) is 0 Å². The third-order valence-corrected chi connectivity index (χ3v) is 4.51. The van der Waals surface area contributed by atoms with Gasteiger partial charge in [0.05, 0.1) is 11.7 Å². The first kappa shape index (κ1) is 13.3. The van der Waals surface area contributed by atoms with Crippen molar-refractivity contribution in [3.8, 4) is 0 Å². The first-order chi connectivity index (χ1) is 9.69. The van der Waals surface area contributed by atoms with Crippen molar-refractivity contribution < 1.29 is 4.39 Å². The minimum absolute atomic E-state index is 0.0907. The number of nitrogens with zero attached hydrogens (tertiary/aromatic N) is 2. The Bertz CT molecular complexity index is 732. The van der Waals surface area contributed by atoms with Gasteiger partial charge in [0.25, 0.3) is 0 Å². The highest BCUT2D eigenvalue weighted by Gasteiger charge is 2.18. The van der Waals surface area contributed by atoms with Crippen LogP contribution in [-0.2, 0) is 7.05 Å². The third-order valence-electron chi connectivity index (χ3n) is 3.35. The van der Waals surface area contributed by atoms with Gasteiger partial charge in [-0.3, -0.25) is 4.68 Å². The topological polar surface area (TPSA) is 29.9 Å². The zero-order valence-electron chi connectivity index (χ0n) is 11.4. The van der Waals surface area contributed by atoms with Crippen molar-refractivity contribution in [2.45, 2.75) is 13.0 Å². The smallest absolute Gasteiger partial charge is 0.124 e. The summed E-state index contributed by atoms with van der Waals surface area (Å²) in [5.74, 6) is -0.188. The number of halogens is 1. The Morgan fingerprint density at radius 1 is 1.35 bits per heavy atom. The predicted molar refractivity (Wildman–Crippen MR) is 80.5 cm³/mol. The minimum Gasteiger partial charge on any atom is -0.305 e. The van der Waals surface area contributed by atoms with Crippen molar-refractivity contribution >= 4 is 21.4 Å². The molecule has 0 amide bonds. The molecular formula is C15H16FN3S. The first-order valence-corrected chi connectivity index (χ1v) is 7.41. The molecule has 0 bridgehead atoms. The number of nitrogens with one attached hydrogen (secondary N) is 1. The number of aromatic nitrogens is 2. The lowest BCUT2D eigenvalue weighted by Crippen LogP contribution is -2.23. The second kappa shape index (κ2) is 5.34. The fraction of sp³-hybridized carbons (Fsp3) is 0.267. The zero-order chi connectivity index (χ0) is 14.1. The van der Waals surface area contributed by atoms with Gasteiger partial charge in [0, 0.05) is 22.8 Å². The molecule has 1 atom stereocenters. The molecule has 0 radical (unpaired) electrons. The van der Waals surface area contributed by atoms with E-state index < -0.39 is 0 Å². The normalized spacial score (nSPS) is 12.9. The highest BCUT2D eigenvalue weighted by Crippen LogP contribution is 2.33. The molecule has 20 heavy (non-hydrogen) atoms. The largest absolute Gasteiger partial charge is 0.305 e. The molecule has 5 heteroatoms. The molecule has 2 heterocycles. The molecule has 0 fully saturated rings. The summed E-state index contributed by atoms with van der Waals surface area (Å²) < 4.78 is 16.2. The van der Waals surface area contributed by atoms with E-state index in [2.05, 4.69) is 23.4 Å². The van der Waals surface area contributed by atoms with Crippen LogP contribution in [-0.4, -0.2) is 16.3 Å². The van der Waals surface area contributed by atoms with Crippen molar-refractivity contribution in [2.75, 3.05) is 6.54 Å². The van der Waals surface area contributed by atoms with Crippen molar-refractivity contribution in [2.24, 2.45) is 7.05 Å². The summed E-state index contributed by atoms with van der Waals surface area (Å²) in [5.41, 5.74) is 1.11. The molecule has 3 rings (SSSR count). The Hall–Kier alpha value is -1.72. The van der Waals surface area contributed by atoms with Crippen LogP contribution in [0.1, 0.15) is 23.5 Å². The summed E-state index contributed by atoms with van der Waals surface area (Å²) in [6.45, 7) is 2.94. The number of fused-ring (bicyclic) bond motifs is 1. The zero-order valence-corrected chi connectivity index (χ0v) is 12.2. The third kappa shape index (κ3) is 2.34. The van der Waals surface area contributed by atoms with Gasteiger partial charge >= 0.3 is 0 Å². The molecule has 1 aromatic carbocycles. The van der Waals surface area contributed by atoms with Crippen LogP contribution >= 0.6 is 11.3 Å². The molecular weight excluding hydrogens is 273 g/mol. The van der Waals surface area contributed by atoms with Crippen LogP contribution in [0.5, 0.6) is 0 Å². The molecule has 1 unspecified atom stereocenters. The lowest BCUT2D eigenvalue weighted by atomic mass is 10.1. The van der Waals surface area contributed by atoms with E-state index in [1.54, 1.807) is 23.6 Å². The Labute approximate surface area is 121 Å². The Morgan fingerprint density at radius 2 is 2.20 bits per heavy atom. The Morgan fingerprint density at radius 3 is 2.90 bits per heavy atom.